The summed E-state index contributed by atoms with van der Waals surface area (Å²) in [5, 5.41) is 0. The molecule has 0 aromatic heterocycles. The van der Waals surface area contributed by atoms with Gasteiger partial charge in [-0.2, -0.15) is 0 Å². The lowest BCUT2D eigenvalue weighted by Gasteiger charge is -2.18. The third-order valence-electron chi connectivity index (χ3n) is 2.94. The van der Waals surface area contributed by atoms with Crippen LogP contribution in [-0.2, 0) is 0 Å². The fourth-order valence-electron chi connectivity index (χ4n) is 2.27. The largest absolute Gasteiger partial charge is 0.493 e. The Morgan fingerprint density at radius 1 is 1.17 bits per heavy atom. The van der Waals surface area contributed by atoms with Gasteiger partial charge in [0, 0.05) is 12.6 Å². The Labute approximate surface area is 111 Å². The zero-order valence-corrected chi connectivity index (χ0v) is 12.3. The van der Waals surface area contributed by atoms with Gasteiger partial charge in [0.2, 0.25) is 0 Å². The maximum absolute atomic E-state index is 6.02. The molecule has 102 valence electrons. The molecule has 1 atom stereocenters. The van der Waals surface area contributed by atoms with Gasteiger partial charge in [-0.3, -0.25) is 0 Å². The maximum atomic E-state index is 6.02. The van der Waals surface area contributed by atoms with E-state index in [0.717, 1.165) is 18.7 Å². The molecule has 0 heterocycles. The van der Waals surface area contributed by atoms with E-state index in [1.165, 1.54) is 16.7 Å². The first-order chi connectivity index (χ1) is 8.40. The van der Waals surface area contributed by atoms with E-state index in [1.807, 2.05) is 14.1 Å². The highest BCUT2D eigenvalue weighted by Gasteiger charge is 2.07. The Balaban J connectivity index is 2.49. The summed E-state index contributed by atoms with van der Waals surface area (Å²) in [5.41, 5.74) is 9.70. The van der Waals surface area contributed by atoms with Gasteiger partial charge in [-0.15, -0.1) is 0 Å². The van der Waals surface area contributed by atoms with Crippen LogP contribution >= 0.6 is 0 Å². The van der Waals surface area contributed by atoms with Crippen LogP contribution in [0.2, 0.25) is 0 Å². The summed E-state index contributed by atoms with van der Waals surface area (Å²) in [6.45, 7) is 7.87. The highest BCUT2D eigenvalue weighted by molar-refractivity contribution is 5.42. The van der Waals surface area contributed by atoms with E-state index in [-0.39, 0.29) is 6.04 Å². The van der Waals surface area contributed by atoms with E-state index in [1.54, 1.807) is 0 Å². The van der Waals surface area contributed by atoms with E-state index in [4.69, 9.17) is 10.5 Å². The number of likely N-dealkylation sites (N-methyl/N-ethyl adjacent to an activating group) is 1. The van der Waals surface area contributed by atoms with Crippen molar-refractivity contribution in [3.63, 3.8) is 0 Å². The predicted octanol–water partition coefficient (Wildman–Crippen LogP) is 2.27. The van der Waals surface area contributed by atoms with Crippen molar-refractivity contribution in [2.75, 3.05) is 27.2 Å². The third-order valence-corrected chi connectivity index (χ3v) is 2.94. The Bertz CT molecular complexity index is 365. The van der Waals surface area contributed by atoms with E-state index in [9.17, 15) is 0 Å². The summed E-state index contributed by atoms with van der Waals surface area (Å²) >= 11 is 0. The lowest BCUT2D eigenvalue weighted by Crippen LogP contribution is -2.34. The van der Waals surface area contributed by atoms with Gasteiger partial charge in [-0.1, -0.05) is 17.7 Å². The number of ether oxygens (including phenoxy) is 1. The monoisotopic (exact) mass is 250 g/mol. The van der Waals surface area contributed by atoms with Crippen LogP contribution in [0.5, 0.6) is 5.75 Å². The molecular formula is C15H26N2O. The summed E-state index contributed by atoms with van der Waals surface area (Å²) in [6, 6.07) is 4.48. The number of nitrogens with zero attached hydrogens (tertiary/aromatic N) is 1. The number of hydrogen-bond donors (Lipinski definition) is 1. The van der Waals surface area contributed by atoms with Crippen molar-refractivity contribution in [3.8, 4) is 5.75 Å². The molecule has 1 aromatic rings. The molecule has 3 nitrogen and oxygen atoms in total. The minimum Gasteiger partial charge on any atom is -0.493 e. The number of hydrogen-bond acceptors (Lipinski definition) is 3. The molecule has 0 saturated heterocycles. The molecule has 0 aliphatic carbocycles. The Morgan fingerprint density at radius 2 is 1.72 bits per heavy atom. The number of rotatable bonds is 6. The molecule has 1 rings (SSSR count). The van der Waals surface area contributed by atoms with Crippen molar-refractivity contribution in [2.45, 2.75) is 33.2 Å². The van der Waals surface area contributed by atoms with Gasteiger partial charge in [0.05, 0.1) is 6.61 Å². The first-order valence-corrected chi connectivity index (χ1v) is 6.51. The van der Waals surface area contributed by atoms with E-state index >= 15 is 0 Å². The van der Waals surface area contributed by atoms with Crippen LogP contribution in [-0.4, -0.2) is 38.2 Å². The molecule has 0 aliphatic heterocycles. The van der Waals surface area contributed by atoms with Gasteiger partial charge in [-0.05, 0) is 52.4 Å². The van der Waals surface area contributed by atoms with Crippen molar-refractivity contribution >= 4 is 0 Å². The van der Waals surface area contributed by atoms with Crippen molar-refractivity contribution in [1.82, 2.24) is 4.90 Å². The fourth-order valence-corrected chi connectivity index (χ4v) is 2.27. The lowest BCUT2D eigenvalue weighted by atomic mass is 10.1. The predicted molar refractivity (Wildman–Crippen MR) is 77.3 cm³/mol. The summed E-state index contributed by atoms with van der Waals surface area (Å²) in [5.74, 6) is 1.01. The second-order valence-corrected chi connectivity index (χ2v) is 5.39. The topological polar surface area (TPSA) is 38.5 Å². The number of aryl methyl sites for hydroxylation is 3. The average molecular weight is 250 g/mol. The van der Waals surface area contributed by atoms with Crippen LogP contribution in [0.1, 0.15) is 23.1 Å². The van der Waals surface area contributed by atoms with Crippen LogP contribution < -0.4 is 10.5 Å². The second-order valence-electron chi connectivity index (χ2n) is 5.39. The highest BCUT2D eigenvalue weighted by atomic mass is 16.5. The molecule has 0 radical (unpaired) electrons. The molecule has 0 aliphatic rings. The van der Waals surface area contributed by atoms with Crippen molar-refractivity contribution in [1.29, 1.82) is 0 Å². The molecule has 2 N–H and O–H groups in total. The minimum atomic E-state index is 0.172. The standard InChI is InChI=1S/C15H26N2O/c1-11-8-12(2)15(13(3)9-11)18-7-6-14(16)10-17(4)5/h8-9,14H,6-7,10,16H2,1-5H3. The summed E-state index contributed by atoms with van der Waals surface area (Å²) in [4.78, 5) is 2.10. The van der Waals surface area contributed by atoms with Gasteiger partial charge in [-0.25, -0.2) is 0 Å². The molecule has 0 amide bonds. The molecular weight excluding hydrogens is 224 g/mol. The molecule has 0 fully saturated rings. The van der Waals surface area contributed by atoms with Crippen molar-refractivity contribution in [2.24, 2.45) is 5.73 Å². The van der Waals surface area contributed by atoms with Crippen LogP contribution in [0, 0.1) is 20.8 Å². The number of benzene rings is 1. The Kier molecular flexibility index (Phi) is 5.63. The van der Waals surface area contributed by atoms with E-state index in [0.29, 0.717) is 6.61 Å². The van der Waals surface area contributed by atoms with Crippen LogP contribution in [0.15, 0.2) is 12.1 Å². The molecule has 1 aromatic carbocycles. The normalized spacial score (nSPS) is 12.8. The first kappa shape index (κ1) is 15.0. The molecule has 0 saturated carbocycles. The quantitative estimate of drug-likeness (QED) is 0.841. The number of nitrogens with two attached hydrogens (primary N) is 1. The molecule has 0 spiro atoms. The van der Waals surface area contributed by atoms with Crippen LogP contribution in [0.4, 0.5) is 0 Å². The van der Waals surface area contributed by atoms with Crippen molar-refractivity contribution < 1.29 is 4.74 Å². The van der Waals surface area contributed by atoms with Gasteiger partial charge < -0.3 is 15.4 Å². The summed E-state index contributed by atoms with van der Waals surface area (Å²) in [7, 11) is 4.07. The average Bonchev–Trinajstić information content (AvgIpc) is 2.20. The van der Waals surface area contributed by atoms with Gasteiger partial charge in [0.25, 0.3) is 0 Å². The van der Waals surface area contributed by atoms with Gasteiger partial charge in [0.1, 0.15) is 5.75 Å². The highest BCUT2D eigenvalue weighted by Crippen LogP contribution is 2.24. The van der Waals surface area contributed by atoms with E-state index < -0.39 is 0 Å². The maximum Gasteiger partial charge on any atom is 0.125 e. The summed E-state index contributed by atoms with van der Waals surface area (Å²) in [6.07, 6.45) is 0.880. The summed E-state index contributed by atoms with van der Waals surface area (Å²) < 4.78 is 5.88. The van der Waals surface area contributed by atoms with Crippen molar-refractivity contribution in [3.05, 3.63) is 28.8 Å². The molecule has 18 heavy (non-hydrogen) atoms. The second kappa shape index (κ2) is 6.76. The smallest absolute Gasteiger partial charge is 0.125 e. The van der Waals surface area contributed by atoms with Gasteiger partial charge in [0.15, 0.2) is 0 Å². The Morgan fingerprint density at radius 3 is 2.22 bits per heavy atom. The fraction of sp³-hybridized carbons (Fsp3) is 0.600. The van der Waals surface area contributed by atoms with Gasteiger partial charge >= 0.3 is 0 Å². The molecule has 0 bridgehead atoms. The molecule has 3 heteroatoms. The minimum absolute atomic E-state index is 0.172. The SMILES string of the molecule is Cc1cc(C)c(OCCC(N)CN(C)C)c(C)c1. The van der Waals surface area contributed by atoms with Crippen LogP contribution in [0.3, 0.4) is 0 Å². The third kappa shape index (κ3) is 4.67. The lowest BCUT2D eigenvalue weighted by molar-refractivity contribution is 0.274. The zero-order valence-electron chi connectivity index (χ0n) is 12.3. The molecule has 1 unspecified atom stereocenters. The van der Waals surface area contributed by atoms with Crippen LogP contribution in [0.25, 0.3) is 0 Å². The Hall–Kier alpha value is -1.06. The zero-order chi connectivity index (χ0) is 13.7. The van der Waals surface area contributed by atoms with E-state index in [2.05, 4.69) is 37.8 Å². The first-order valence-electron chi connectivity index (χ1n) is 6.51.